The first kappa shape index (κ1) is 17.3. The molecule has 2 aromatic heterocycles. The smallest absolute Gasteiger partial charge is 0.274 e. The van der Waals surface area contributed by atoms with Crippen molar-refractivity contribution in [1.82, 2.24) is 25.3 Å². The molecule has 7 heteroatoms. The Labute approximate surface area is 150 Å². The maximum atomic E-state index is 12.4. The molecule has 1 amide bonds. The van der Waals surface area contributed by atoms with Crippen LogP contribution in [-0.4, -0.2) is 25.9 Å². The van der Waals surface area contributed by atoms with Crippen LogP contribution in [-0.2, 0) is 13.0 Å². The summed E-state index contributed by atoms with van der Waals surface area (Å²) >= 11 is 1.61. The number of amides is 1. The molecule has 1 N–H and O–H groups in total. The fourth-order valence-electron chi connectivity index (χ4n) is 2.70. The molecule has 0 aliphatic carbocycles. The van der Waals surface area contributed by atoms with E-state index >= 15 is 0 Å². The molecule has 0 fully saturated rings. The van der Waals surface area contributed by atoms with E-state index in [9.17, 15) is 4.79 Å². The highest BCUT2D eigenvalue weighted by atomic mass is 32.1. The molecule has 130 valence electrons. The molecule has 6 nitrogen and oxygen atoms in total. The number of hydrogen-bond acceptors (Lipinski definition) is 5. The molecule has 0 spiro atoms. The first-order valence-corrected chi connectivity index (χ1v) is 9.08. The molecule has 2 heterocycles. The quantitative estimate of drug-likeness (QED) is 0.763. The number of hydrogen-bond donors (Lipinski definition) is 1. The predicted octanol–water partition coefficient (Wildman–Crippen LogP) is 3.14. The van der Waals surface area contributed by atoms with Gasteiger partial charge in [0.05, 0.1) is 28.6 Å². The van der Waals surface area contributed by atoms with E-state index in [0.717, 1.165) is 39.6 Å². The van der Waals surface area contributed by atoms with Crippen LogP contribution in [0.25, 0.3) is 5.69 Å². The second-order valence-corrected chi connectivity index (χ2v) is 6.99. The standard InChI is InChI=1S/C18H21N5OS/c1-5-16-20-14(10-25-16)9-19-18(24)17-13(4)23(22-21-17)15-7-11(2)6-12(3)8-15/h6-8,10H,5,9H2,1-4H3,(H,19,24). The van der Waals surface area contributed by atoms with Crippen LogP contribution >= 0.6 is 11.3 Å². The van der Waals surface area contributed by atoms with Crippen LogP contribution in [0.3, 0.4) is 0 Å². The minimum Gasteiger partial charge on any atom is -0.345 e. The Morgan fingerprint density at radius 1 is 1.20 bits per heavy atom. The maximum absolute atomic E-state index is 12.4. The van der Waals surface area contributed by atoms with Crippen LogP contribution in [0.15, 0.2) is 23.6 Å². The highest BCUT2D eigenvalue weighted by molar-refractivity contribution is 7.09. The Bertz CT molecular complexity index is 892. The molecule has 0 atom stereocenters. The van der Waals surface area contributed by atoms with Gasteiger partial charge in [0.2, 0.25) is 0 Å². The number of rotatable bonds is 5. The van der Waals surface area contributed by atoms with Gasteiger partial charge in [0, 0.05) is 5.38 Å². The van der Waals surface area contributed by atoms with Gasteiger partial charge in [0.1, 0.15) is 0 Å². The zero-order chi connectivity index (χ0) is 18.0. The number of aromatic nitrogens is 4. The summed E-state index contributed by atoms with van der Waals surface area (Å²) in [6.45, 7) is 8.38. The van der Waals surface area contributed by atoms with Crippen molar-refractivity contribution in [3.8, 4) is 5.69 Å². The minimum absolute atomic E-state index is 0.237. The summed E-state index contributed by atoms with van der Waals surface area (Å²) in [6.07, 6.45) is 0.905. The molecule has 3 aromatic rings. The number of nitrogens with zero attached hydrogens (tertiary/aromatic N) is 4. The highest BCUT2D eigenvalue weighted by Gasteiger charge is 2.17. The molecular weight excluding hydrogens is 334 g/mol. The molecule has 0 saturated carbocycles. The maximum Gasteiger partial charge on any atom is 0.274 e. The normalized spacial score (nSPS) is 10.9. The number of carbonyl (C=O) groups excluding carboxylic acids is 1. The van der Waals surface area contributed by atoms with E-state index < -0.39 is 0 Å². The number of carbonyl (C=O) groups is 1. The van der Waals surface area contributed by atoms with Crippen LogP contribution < -0.4 is 5.32 Å². The Hall–Kier alpha value is -2.54. The summed E-state index contributed by atoms with van der Waals surface area (Å²) in [7, 11) is 0. The SMILES string of the molecule is CCc1nc(CNC(=O)c2nnn(-c3cc(C)cc(C)c3)c2C)cs1. The zero-order valence-electron chi connectivity index (χ0n) is 14.8. The van der Waals surface area contributed by atoms with Gasteiger partial charge in [0.25, 0.3) is 5.91 Å². The fourth-order valence-corrected chi connectivity index (χ4v) is 3.45. The van der Waals surface area contributed by atoms with Gasteiger partial charge in [-0.3, -0.25) is 4.79 Å². The van der Waals surface area contributed by atoms with Gasteiger partial charge < -0.3 is 5.32 Å². The van der Waals surface area contributed by atoms with Gasteiger partial charge in [-0.1, -0.05) is 18.2 Å². The van der Waals surface area contributed by atoms with Gasteiger partial charge in [0.15, 0.2) is 5.69 Å². The first-order valence-electron chi connectivity index (χ1n) is 8.20. The van der Waals surface area contributed by atoms with E-state index in [1.807, 2.05) is 38.3 Å². The lowest BCUT2D eigenvalue weighted by molar-refractivity contribution is 0.0944. The summed E-state index contributed by atoms with van der Waals surface area (Å²) < 4.78 is 1.70. The Morgan fingerprint density at radius 3 is 2.56 bits per heavy atom. The van der Waals surface area contributed by atoms with Crippen molar-refractivity contribution in [3.63, 3.8) is 0 Å². The lowest BCUT2D eigenvalue weighted by atomic mass is 10.1. The molecule has 0 aliphatic heterocycles. The third-order valence-corrected chi connectivity index (χ3v) is 4.93. The predicted molar refractivity (Wildman–Crippen MR) is 98.2 cm³/mol. The number of thiazole rings is 1. The van der Waals surface area contributed by atoms with Gasteiger partial charge >= 0.3 is 0 Å². The molecule has 1 aromatic carbocycles. The molecule has 0 radical (unpaired) electrons. The van der Waals surface area contributed by atoms with E-state index in [1.54, 1.807) is 16.0 Å². The molecular formula is C18H21N5OS. The van der Waals surface area contributed by atoms with Crippen molar-refractivity contribution in [2.75, 3.05) is 0 Å². The minimum atomic E-state index is -0.237. The molecule has 0 saturated heterocycles. The second kappa shape index (κ2) is 7.14. The van der Waals surface area contributed by atoms with Crippen molar-refractivity contribution < 1.29 is 4.79 Å². The van der Waals surface area contributed by atoms with E-state index in [-0.39, 0.29) is 5.91 Å². The first-order chi connectivity index (χ1) is 12.0. The van der Waals surface area contributed by atoms with Crippen molar-refractivity contribution in [2.24, 2.45) is 0 Å². The fraction of sp³-hybridized carbons (Fsp3) is 0.333. The van der Waals surface area contributed by atoms with Crippen molar-refractivity contribution in [1.29, 1.82) is 0 Å². The van der Waals surface area contributed by atoms with Gasteiger partial charge in [-0.05, 0) is 50.5 Å². The van der Waals surface area contributed by atoms with Crippen LogP contribution in [0, 0.1) is 20.8 Å². The third-order valence-electron chi connectivity index (χ3n) is 3.89. The lowest BCUT2D eigenvalue weighted by Gasteiger charge is -2.07. The average Bonchev–Trinajstić information content (AvgIpc) is 3.18. The van der Waals surface area contributed by atoms with Gasteiger partial charge in [-0.2, -0.15) is 0 Å². The molecule has 0 unspecified atom stereocenters. The Morgan fingerprint density at radius 2 is 1.92 bits per heavy atom. The van der Waals surface area contributed by atoms with E-state index in [2.05, 4.69) is 33.6 Å². The summed E-state index contributed by atoms with van der Waals surface area (Å²) in [5.74, 6) is -0.237. The van der Waals surface area contributed by atoms with E-state index in [0.29, 0.717) is 12.2 Å². The van der Waals surface area contributed by atoms with Crippen LogP contribution in [0.4, 0.5) is 0 Å². The Balaban J connectivity index is 1.76. The third kappa shape index (κ3) is 3.76. The van der Waals surface area contributed by atoms with Gasteiger partial charge in [-0.15, -0.1) is 16.4 Å². The largest absolute Gasteiger partial charge is 0.345 e. The Kier molecular flexibility index (Phi) is 4.94. The van der Waals surface area contributed by atoms with Gasteiger partial charge in [-0.25, -0.2) is 9.67 Å². The molecule has 3 rings (SSSR count). The topological polar surface area (TPSA) is 72.7 Å². The van der Waals surface area contributed by atoms with E-state index in [1.165, 1.54) is 0 Å². The second-order valence-electron chi connectivity index (χ2n) is 6.05. The molecule has 0 aliphatic rings. The number of aryl methyl sites for hydroxylation is 3. The summed E-state index contributed by atoms with van der Waals surface area (Å²) in [5.41, 5.74) is 5.13. The summed E-state index contributed by atoms with van der Waals surface area (Å²) in [6, 6.07) is 6.15. The summed E-state index contributed by atoms with van der Waals surface area (Å²) in [4.78, 5) is 16.9. The number of nitrogens with one attached hydrogen (secondary N) is 1. The van der Waals surface area contributed by atoms with Crippen LogP contribution in [0.1, 0.15) is 44.9 Å². The summed E-state index contributed by atoms with van der Waals surface area (Å²) in [5, 5.41) is 14.1. The molecule has 0 bridgehead atoms. The lowest BCUT2D eigenvalue weighted by Crippen LogP contribution is -2.24. The van der Waals surface area contributed by atoms with Crippen LogP contribution in [0.5, 0.6) is 0 Å². The zero-order valence-corrected chi connectivity index (χ0v) is 15.6. The van der Waals surface area contributed by atoms with Crippen molar-refractivity contribution in [3.05, 3.63) is 56.8 Å². The van der Waals surface area contributed by atoms with E-state index in [4.69, 9.17) is 0 Å². The molecule has 25 heavy (non-hydrogen) atoms. The van der Waals surface area contributed by atoms with Crippen molar-refractivity contribution in [2.45, 2.75) is 40.7 Å². The highest BCUT2D eigenvalue weighted by Crippen LogP contribution is 2.16. The van der Waals surface area contributed by atoms with Crippen molar-refractivity contribution >= 4 is 17.2 Å². The van der Waals surface area contributed by atoms with Crippen LogP contribution in [0.2, 0.25) is 0 Å². The number of benzene rings is 1. The monoisotopic (exact) mass is 355 g/mol. The average molecular weight is 355 g/mol.